The van der Waals surface area contributed by atoms with Gasteiger partial charge in [0.1, 0.15) is 20.0 Å². The molecule has 0 aliphatic heterocycles. The molecule has 37 heavy (non-hydrogen) atoms. The van der Waals surface area contributed by atoms with Crippen LogP contribution in [0.5, 0.6) is 0 Å². The van der Waals surface area contributed by atoms with Gasteiger partial charge in [-0.1, -0.05) is 39.3 Å². The molecule has 3 rings (SSSR count). The maximum atomic E-state index is 12.6. The topological polar surface area (TPSA) is 59.5 Å². The highest BCUT2D eigenvalue weighted by atomic mass is 28.3. The van der Waals surface area contributed by atoms with Crippen LogP contribution in [-0.2, 0) is 39.0 Å². The Morgan fingerprint density at radius 3 is 1.59 bits per heavy atom. The fourth-order valence-electron chi connectivity index (χ4n) is 4.02. The van der Waals surface area contributed by atoms with Crippen LogP contribution in [0.2, 0.25) is 51.4 Å². The molecule has 0 amide bonds. The molecule has 0 spiro atoms. The highest BCUT2D eigenvalue weighted by Crippen LogP contribution is 2.30. The first-order valence-corrected chi connectivity index (χ1v) is 20.7. The third-order valence-electron chi connectivity index (χ3n) is 6.21. The summed E-state index contributed by atoms with van der Waals surface area (Å²) in [6.07, 6.45) is 4.06. The number of carbonyl (C=O) groups is 1. The van der Waals surface area contributed by atoms with Gasteiger partial charge in [-0.25, -0.2) is 0 Å². The minimum Gasteiger partial charge on any atom is -0.465 e. The minimum absolute atomic E-state index is 0.134. The summed E-state index contributed by atoms with van der Waals surface area (Å²) in [6, 6.07) is 14.6. The van der Waals surface area contributed by atoms with Crippen molar-refractivity contribution in [3.05, 3.63) is 48.8 Å². The SMILES string of the molecule is CCOC(=O)Cn1c(-c2cccn2COCC[Si](C)(C)C)ccc1-c1cccn1COCC[Si](C)(C)C. The van der Waals surface area contributed by atoms with Gasteiger partial charge in [-0.05, 0) is 55.4 Å². The Morgan fingerprint density at radius 2 is 1.19 bits per heavy atom. The van der Waals surface area contributed by atoms with E-state index in [1.165, 1.54) is 0 Å². The van der Waals surface area contributed by atoms with Crippen LogP contribution in [-0.4, -0.2) is 55.6 Å². The van der Waals surface area contributed by atoms with Gasteiger partial charge in [0.05, 0.1) is 29.4 Å². The number of rotatable bonds is 15. The third kappa shape index (κ3) is 8.88. The molecular formula is C28H45N3O4Si2. The molecule has 0 N–H and O–H groups in total. The first-order valence-electron chi connectivity index (χ1n) is 13.3. The molecule has 0 fully saturated rings. The molecule has 0 saturated heterocycles. The predicted octanol–water partition coefficient (Wildman–Crippen LogP) is 6.61. The zero-order valence-corrected chi connectivity index (χ0v) is 25.8. The van der Waals surface area contributed by atoms with Gasteiger partial charge in [-0.3, -0.25) is 4.79 Å². The van der Waals surface area contributed by atoms with Gasteiger partial charge in [0.15, 0.2) is 0 Å². The number of esters is 1. The van der Waals surface area contributed by atoms with Crippen molar-refractivity contribution >= 4 is 22.1 Å². The van der Waals surface area contributed by atoms with Gasteiger partial charge >= 0.3 is 5.97 Å². The lowest BCUT2D eigenvalue weighted by Gasteiger charge is -2.18. The number of carbonyl (C=O) groups excluding carboxylic acids is 1. The number of nitrogens with zero attached hydrogens (tertiary/aromatic N) is 3. The van der Waals surface area contributed by atoms with Crippen molar-refractivity contribution in [2.24, 2.45) is 0 Å². The van der Waals surface area contributed by atoms with Crippen LogP contribution in [0.3, 0.4) is 0 Å². The zero-order valence-electron chi connectivity index (χ0n) is 23.8. The van der Waals surface area contributed by atoms with Crippen molar-refractivity contribution in [2.45, 2.75) is 78.3 Å². The minimum atomic E-state index is -1.15. The van der Waals surface area contributed by atoms with Crippen LogP contribution in [0.4, 0.5) is 0 Å². The maximum absolute atomic E-state index is 12.6. The fourth-order valence-corrected chi connectivity index (χ4v) is 5.54. The first-order chi connectivity index (χ1) is 17.5. The fraction of sp³-hybridized carbons (Fsp3) is 0.536. The normalized spacial score (nSPS) is 12.3. The Hall–Kier alpha value is -2.34. The second-order valence-corrected chi connectivity index (χ2v) is 23.2. The van der Waals surface area contributed by atoms with E-state index >= 15 is 0 Å². The third-order valence-corrected chi connectivity index (χ3v) is 9.62. The maximum Gasteiger partial charge on any atom is 0.325 e. The lowest BCUT2D eigenvalue weighted by molar-refractivity contribution is -0.143. The molecule has 9 heteroatoms. The molecule has 0 saturated carbocycles. The summed E-state index contributed by atoms with van der Waals surface area (Å²) in [4.78, 5) is 12.6. The standard InChI is InChI=1S/C28H45N3O4Si2/c1-8-35-28(32)21-31-26(24-11-9-15-29(24)22-33-17-19-36(2,3)4)13-14-27(31)25-12-10-16-30(25)23-34-18-20-37(5,6)7/h9-16H,8,17-23H2,1-7H3. The molecule has 3 aromatic heterocycles. The van der Waals surface area contributed by atoms with E-state index in [2.05, 4.69) is 72.7 Å². The smallest absolute Gasteiger partial charge is 0.325 e. The van der Waals surface area contributed by atoms with E-state index in [0.717, 1.165) is 48.1 Å². The molecule has 0 unspecified atom stereocenters. The van der Waals surface area contributed by atoms with Crippen molar-refractivity contribution in [2.75, 3.05) is 19.8 Å². The first kappa shape index (κ1) is 29.2. The van der Waals surface area contributed by atoms with Gasteiger partial charge in [0.25, 0.3) is 0 Å². The highest BCUT2D eigenvalue weighted by Gasteiger charge is 2.20. The van der Waals surface area contributed by atoms with Crippen LogP contribution >= 0.6 is 0 Å². The van der Waals surface area contributed by atoms with E-state index in [9.17, 15) is 4.79 Å². The molecule has 3 aromatic rings. The quantitative estimate of drug-likeness (QED) is 0.123. The summed E-state index contributed by atoms with van der Waals surface area (Å²) in [5.41, 5.74) is 3.92. The molecule has 0 aliphatic carbocycles. The number of hydrogen-bond donors (Lipinski definition) is 0. The Balaban J connectivity index is 1.85. The van der Waals surface area contributed by atoms with Crippen molar-refractivity contribution in [3.8, 4) is 22.8 Å². The summed E-state index contributed by atoms with van der Waals surface area (Å²) in [5, 5.41) is 0. The molecule has 0 bridgehead atoms. The number of ether oxygens (including phenoxy) is 3. The highest BCUT2D eigenvalue weighted by molar-refractivity contribution is 6.76. The van der Waals surface area contributed by atoms with Crippen LogP contribution in [0, 0.1) is 0 Å². The summed E-state index contributed by atoms with van der Waals surface area (Å²) in [6.45, 7) is 18.9. The summed E-state index contributed by atoms with van der Waals surface area (Å²) >= 11 is 0. The molecule has 3 heterocycles. The molecule has 7 nitrogen and oxygen atoms in total. The Morgan fingerprint density at radius 1 is 0.730 bits per heavy atom. The van der Waals surface area contributed by atoms with E-state index in [4.69, 9.17) is 14.2 Å². The van der Waals surface area contributed by atoms with Gasteiger partial charge in [0.2, 0.25) is 0 Å². The van der Waals surface area contributed by atoms with Crippen LogP contribution < -0.4 is 0 Å². The average Bonchev–Trinajstić information content (AvgIpc) is 3.52. The Kier molecular flexibility index (Phi) is 10.2. The van der Waals surface area contributed by atoms with Gasteiger partial charge < -0.3 is 27.9 Å². The van der Waals surface area contributed by atoms with Crippen LogP contribution in [0.1, 0.15) is 6.92 Å². The van der Waals surface area contributed by atoms with Crippen molar-refractivity contribution < 1.29 is 19.0 Å². The number of hydrogen-bond acceptors (Lipinski definition) is 4. The van der Waals surface area contributed by atoms with Crippen molar-refractivity contribution in [1.82, 2.24) is 13.7 Å². The van der Waals surface area contributed by atoms with E-state index in [-0.39, 0.29) is 12.5 Å². The van der Waals surface area contributed by atoms with Gasteiger partial charge in [0, 0.05) is 41.8 Å². The summed E-state index contributed by atoms with van der Waals surface area (Å²) < 4.78 is 23.6. The molecule has 0 radical (unpaired) electrons. The lowest BCUT2D eigenvalue weighted by Crippen LogP contribution is -2.22. The van der Waals surface area contributed by atoms with Crippen molar-refractivity contribution in [3.63, 3.8) is 0 Å². The lowest BCUT2D eigenvalue weighted by atomic mass is 10.3. The van der Waals surface area contributed by atoms with E-state index < -0.39 is 16.1 Å². The average molecular weight is 544 g/mol. The largest absolute Gasteiger partial charge is 0.465 e. The van der Waals surface area contributed by atoms with E-state index in [1.807, 2.05) is 36.0 Å². The zero-order chi connectivity index (χ0) is 27.1. The second-order valence-electron chi connectivity index (χ2n) is 11.9. The second kappa shape index (κ2) is 13.0. The van der Waals surface area contributed by atoms with Crippen LogP contribution in [0.25, 0.3) is 22.8 Å². The Bertz CT molecular complexity index is 1060. The van der Waals surface area contributed by atoms with Gasteiger partial charge in [-0.2, -0.15) is 0 Å². The molecule has 0 aromatic carbocycles. The van der Waals surface area contributed by atoms with Crippen LogP contribution in [0.15, 0.2) is 48.8 Å². The van der Waals surface area contributed by atoms with Crippen molar-refractivity contribution in [1.29, 1.82) is 0 Å². The molecular weight excluding hydrogens is 498 g/mol. The molecule has 0 atom stereocenters. The summed E-state index contributed by atoms with van der Waals surface area (Å²) in [5.74, 6) is -0.254. The molecule has 204 valence electrons. The van der Waals surface area contributed by atoms with E-state index in [0.29, 0.717) is 20.1 Å². The van der Waals surface area contributed by atoms with Gasteiger partial charge in [-0.15, -0.1) is 0 Å². The number of aromatic nitrogens is 3. The molecule has 0 aliphatic rings. The predicted molar refractivity (Wildman–Crippen MR) is 156 cm³/mol. The Labute approximate surface area is 224 Å². The summed E-state index contributed by atoms with van der Waals surface area (Å²) in [7, 11) is -2.29. The monoisotopic (exact) mass is 543 g/mol. The van der Waals surface area contributed by atoms with E-state index in [1.54, 1.807) is 0 Å².